The first-order valence-electron chi connectivity index (χ1n) is 8.02. The highest BCUT2D eigenvalue weighted by atomic mass is 16.5. The van der Waals surface area contributed by atoms with Crippen molar-refractivity contribution < 1.29 is 4.74 Å². The molecule has 0 fully saturated rings. The molecule has 0 amide bonds. The topological polar surface area (TPSA) is 12.5 Å². The predicted molar refractivity (Wildman–Crippen MR) is 96.8 cm³/mol. The molecule has 1 atom stereocenters. The molecule has 0 bridgehead atoms. The lowest BCUT2D eigenvalue weighted by molar-refractivity contribution is 0.227. The van der Waals surface area contributed by atoms with Gasteiger partial charge in [-0.25, -0.2) is 0 Å². The SMILES string of the molecule is C[C@H](Oc1cccc2ccccc12)c1ccccc1CN(C)C. The summed E-state index contributed by atoms with van der Waals surface area (Å²) in [4.78, 5) is 2.18. The fraction of sp³-hybridized carbons (Fsp3) is 0.238. The van der Waals surface area contributed by atoms with Gasteiger partial charge >= 0.3 is 0 Å². The highest BCUT2D eigenvalue weighted by molar-refractivity contribution is 5.88. The summed E-state index contributed by atoms with van der Waals surface area (Å²) in [6, 6.07) is 23.1. The number of benzene rings is 3. The molecule has 0 aliphatic carbocycles. The number of rotatable bonds is 5. The van der Waals surface area contributed by atoms with Crippen LogP contribution in [0.25, 0.3) is 10.8 Å². The minimum atomic E-state index is 0.0111. The van der Waals surface area contributed by atoms with Crippen molar-refractivity contribution >= 4 is 10.8 Å². The molecule has 3 aromatic rings. The minimum Gasteiger partial charge on any atom is -0.485 e. The summed E-state index contributed by atoms with van der Waals surface area (Å²) < 4.78 is 6.32. The Labute approximate surface area is 138 Å². The lowest BCUT2D eigenvalue weighted by Crippen LogP contribution is -2.14. The maximum atomic E-state index is 6.32. The second-order valence-corrected chi connectivity index (χ2v) is 6.17. The van der Waals surface area contributed by atoms with E-state index in [1.165, 1.54) is 16.5 Å². The van der Waals surface area contributed by atoms with Crippen LogP contribution in [0.4, 0.5) is 0 Å². The second-order valence-electron chi connectivity index (χ2n) is 6.17. The number of nitrogens with zero attached hydrogens (tertiary/aromatic N) is 1. The molecule has 0 radical (unpaired) electrons. The first-order chi connectivity index (χ1) is 11.1. The van der Waals surface area contributed by atoms with E-state index in [9.17, 15) is 0 Å². The number of hydrogen-bond donors (Lipinski definition) is 0. The van der Waals surface area contributed by atoms with Crippen LogP contribution in [-0.2, 0) is 6.54 Å². The Kier molecular flexibility index (Phi) is 4.63. The quantitative estimate of drug-likeness (QED) is 0.654. The van der Waals surface area contributed by atoms with Crippen LogP contribution >= 0.6 is 0 Å². The summed E-state index contributed by atoms with van der Waals surface area (Å²) >= 11 is 0. The van der Waals surface area contributed by atoms with Crippen molar-refractivity contribution in [3.05, 3.63) is 77.9 Å². The van der Waals surface area contributed by atoms with Gasteiger partial charge in [0, 0.05) is 11.9 Å². The van der Waals surface area contributed by atoms with Gasteiger partial charge in [0.2, 0.25) is 0 Å². The van der Waals surface area contributed by atoms with E-state index in [0.29, 0.717) is 0 Å². The van der Waals surface area contributed by atoms with Gasteiger partial charge in [-0.1, -0.05) is 60.7 Å². The zero-order chi connectivity index (χ0) is 16.2. The summed E-state index contributed by atoms with van der Waals surface area (Å²) in [5.41, 5.74) is 2.55. The average molecular weight is 305 g/mol. The van der Waals surface area contributed by atoms with Gasteiger partial charge in [0.1, 0.15) is 11.9 Å². The Morgan fingerprint density at radius 3 is 2.39 bits per heavy atom. The maximum absolute atomic E-state index is 6.32. The minimum absolute atomic E-state index is 0.0111. The molecule has 2 nitrogen and oxygen atoms in total. The van der Waals surface area contributed by atoms with Gasteiger partial charge in [-0.2, -0.15) is 0 Å². The van der Waals surface area contributed by atoms with E-state index >= 15 is 0 Å². The summed E-state index contributed by atoms with van der Waals surface area (Å²) in [5.74, 6) is 0.940. The van der Waals surface area contributed by atoms with Crippen LogP contribution in [-0.4, -0.2) is 19.0 Å². The molecule has 3 rings (SSSR count). The van der Waals surface area contributed by atoms with Gasteiger partial charge in [0.15, 0.2) is 0 Å². The van der Waals surface area contributed by atoms with Crippen molar-refractivity contribution in [2.75, 3.05) is 14.1 Å². The fourth-order valence-electron chi connectivity index (χ4n) is 2.97. The average Bonchev–Trinajstić information content (AvgIpc) is 2.55. The van der Waals surface area contributed by atoms with Crippen LogP contribution in [0, 0.1) is 0 Å². The van der Waals surface area contributed by atoms with E-state index in [4.69, 9.17) is 4.74 Å². The molecule has 0 saturated heterocycles. The molecule has 0 unspecified atom stereocenters. The standard InChI is InChI=1S/C21H23NO/c1-16(19-12-6-5-10-18(19)15-22(2)3)23-21-14-8-11-17-9-4-7-13-20(17)21/h4-14,16H,15H2,1-3H3/t16-/m0/s1. The third kappa shape index (κ3) is 3.54. The summed E-state index contributed by atoms with van der Waals surface area (Å²) in [5, 5.41) is 2.37. The molecule has 0 spiro atoms. The number of ether oxygens (including phenoxy) is 1. The molecule has 0 N–H and O–H groups in total. The van der Waals surface area contributed by atoms with E-state index in [1.807, 2.05) is 6.07 Å². The van der Waals surface area contributed by atoms with E-state index in [-0.39, 0.29) is 6.10 Å². The van der Waals surface area contributed by atoms with E-state index in [0.717, 1.165) is 17.7 Å². The van der Waals surface area contributed by atoms with Crippen molar-refractivity contribution in [2.45, 2.75) is 19.6 Å². The van der Waals surface area contributed by atoms with Crippen molar-refractivity contribution in [1.82, 2.24) is 4.90 Å². The molecule has 0 heterocycles. The third-order valence-corrected chi connectivity index (χ3v) is 4.03. The Balaban J connectivity index is 1.91. The van der Waals surface area contributed by atoms with Gasteiger partial charge in [-0.05, 0) is 43.6 Å². The van der Waals surface area contributed by atoms with Crippen LogP contribution in [0.15, 0.2) is 66.7 Å². The number of fused-ring (bicyclic) bond motifs is 1. The molecule has 0 aromatic heterocycles. The molecular formula is C21H23NO. The molecule has 118 valence electrons. The van der Waals surface area contributed by atoms with E-state index in [2.05, 4.69) is 86.6 Å². The lowest BCUT2D eigenvalue weighted by atomic mass is 10.0. The predicted octanol–water partition coefficient (Wildman–Crippen LogP) is 5.04. The monoisotopic (exact) mass is 305 g/mol. The van der Waals surface area contributed by atoms with Gasteiger partial charge in [0.25, 0.3) is 0 Å². The van der Waals surface area contributed by atoms with Crippen LogP contribution < -0.4 is 4.74 Å². The number of hydrogen-bond acceptors (Lipinski definition) is 2. The first-order valence-corrected chi connectivity index (χ1v) is 8.02. The van der Waals surface area contributed by atoms with Crippen molar-refractivity contribution in [1.29, 1.82) is 0 Å². The second kappa shape index (κ2) is 6.84. The zero-order valence-corrected chi connectivity index (χ0v) is 14.0. The van der Waals surface area contributed by atoms with Crippen LogP contribution in [0.3, 0.4) is 0 Å². The maximum Gasteiger partial charge on any atom is 0.128 e. The molecule has 3 aromatic carbocycles. The Hall–Kier alpha value is -2.32. The Bertz CT molecular complexity index is 789. The molecular weight excluding hydrogens is 282 g/mol. The summed E-state index contributed by atoms with van der Waals surface area (Å²) in [6.45, 7) is 3.04. The largest absolute Gasteiger partial charge is 0.485 e. The van der Waals surface area contributed by atoms with Crippen LogP contribution in [0.5, 0.6) is 5.75 Å². The molecule has 2 heteroatoms. The first kappa shape index (κ1) is 15.6. The Morgan fingerprint density at radius 1 is 0.870 bits per heavy atom. The molecule has 23 heavy (non-hydrogen) atoms. The smallest absolute Gasteiger partial charge is 0.128 e. The lowest BCUT2D eigenvalue weighted by Gasteiger charge is -2.21. The summed E-state index contributed by atoms with van der Waals surface area (Å²) in [7, 11) is 4.18. The van der Waals surface area contributed by atoms with Gasteiger partial charge in [-0.3, -0.25) is 0 Å². The van der Waals surface area contributed by atoms with E-state index in [1.54, 1.807) is 0 Å². The van der Waals surface area contributed by atoms with Crippen molar-refractivity contribution in [2.24, 2.45) is 0 Å². The Morgan fingerprint density at radius 2 is 1.57 bits per heavy atom. The van der Waals surface area contributed by atoms with Crippen LogP contribution in [0.1, 0.15) is 24.2 Å². The highest BCUT2D eigenvalue weighted by Gasteiger charge is 2.13. The molecule has 0 aliphatic rings. The third-order valence-electron chi connectivity index (χ3n) is 4.03. The van der Waals surface area contributed by atoms with Crippen molar-refractivity contribution in [3.8, 4) is 5.75 Å². The highest BCUT2D eigenvalue weighted by Crippen LogP contribution is 2.30. The van der Waals surface area contributed by atoms with Gasteiger partial charge in [0.05, 0.1) is 0 Å². The fourth-order valence-corrected chi connectivity index (χ4v) is 2.97. The molecule has 0 aliphatic heterocycles. The normalized spacial score (nSPS) is 12.5. The zero-order valence-electron chi connectivity index (χ0n) is 14.0. The summed E-state index contributed by atoms with van der Waals surface area (Å²) in [6.07, 6.45) is 0.0111. The van der Waals surface area contributed by atoms with Gasteiger partial charge < -0.3 is 9.64 Å². The van der Waals surface area contributed by atoms with Crippen molar-refractivity contribution in [3.63, 3.8) is 0 Å². The van der Waals surface area contributed by atoms with E-state index < -0.39 is 0 Å². The van der Waals surface area contributed by atoms with Crippen LogP contribution in [0.2, 0.25) is 0 Å². The molecule has 0 saturated carbocycles. The van der Waals surface area contributed by atoms with Gasteiger partial charge in [-0.15, -0.1) is 0 Å².